The second-order valence-corrected chi connectivity index (χ2v) is 8.62. The number of hydrogen-bond donors (Lipinski definition) is 2. The van der Waals surface area contributed by atoms with Gasteiger partial charge in [0.15, 0.2) is 0 Å². The molecule has 4 aromatic rings. The molecule has 4 nitrogen and oxygen atoms in total. The second kappa shape index (κ2) is 6.16. The Labute approximate surface area is 159 Å². The fourth-order valence-electron chi connectivity index (χ4n) is 3.46. The number of aromatic nitrogens is 2. The molecule has 3 aromatic heterocycles. The van der Waals surface area contributed by atoms with Gasteiger partial charge in [0.25, 0.3) is 0 Å². The highest BCUT2D eigenvalue weighted by Crippen LogP contribution is 2.39. The summed E-state index contributed by atoms with van der Waals surface area (Å²) in [7, 11) is 0. The number of nitrogen functional groups attached to an aromatic ring is 1. The minimum Gasteiger partial charge on any atom is -0.399 e. The minimum absolute atomic E-state index is 0.380. The summed E-state index contributed by atoms with van der Waals surface area (Å²) in [5.41, 5.74) is 10.1. The molecule has 6 heteroatoms. The summed E-state index contributed by atoms with van der Waals surface area (Å²) in [6, 6.07) is 10.6. The van der Waals surface area contributed by atoms with Gasteiger partial charge >= 0.3 is 0 Å². The van der Waals surface area contributed by atoms with Crippen LogP contribution < -0.4 is 11.1 Å². The largest absolute Gasteiger partial charge is 0.399 e. The van der Waals surface area contributed by atoms with E-state index in [4.69, 9.17) is 10.7 Å². The predicted octanol–water partition coefficient (Wildman–Crippen LogP) is 4.92. The fourth-order valence-corrected chi connectivity index (χ4v) is 5.60. The Morgan fingerprint density at radius 3 is 3.00 bits per heavy atom. The highest BCUT2D eigenvalue weighted by molar-refractivity contribution is 7.22. The number of nitrogens with one attached hydrogen (secondary N) is 1. The zero-order valence-electron chi connectivity index (χ0n) is 14.3. The average Bonchev–Trinajstić information content (AvgIpc) is 3.25. The van der Waals surface area contributed by atoms with Crippen LogP contribution in [0.3, 0.4) is 0 Å². The van der Waals surface area contributed by atoms with Crippen LogP contribution in [0.5, 0.6) is 0 Å². The molecule has 130 valence electrons. The maximum Gasteiger partial charge on any atom is 0.125 e. The lowest BCUT2D eigenvalue weighted by atomic mass is 10.0. The van der Waals surface area contributed by atoms with Crippen LogP contribution >= 0.6 is 22.7 Å². The summed E-state index contributed by atoms with van der Waals surface area (Å²) in [5, 5.41) is 5.74. The van der Waals surface area contributed by atoms with Crippen molar-refractivity contribution in [2.24, 2.45) is 0 Å². The molecule has 1 atom stereocenters. The third-order valence-corrected chi connectivity index (χ3v) is 6.95. The van der Waals surface area contributed by atoms with Crippen molar-refractivity contribution in [3.63, 3.8) is 0 Å². The highest BCUT2D eigenvalue weighted by Gasteiger charge is 2.19. The lowest BCUT2D eigenvalue weighted by molar-refractivity contribution is 0.628. The zero-order chi connectivity index (χ0) is 17.7. The first-order valence-electron chi connectivity index (χ1n) is 8.68. The van der Waals surface area contributed by atoms with Crippen LogP contribution in [0.15, 0.2) is 42.6 Å². The van der Waals surface area contributed by atoms with E-state index in [1.54, 1.807) is 22.7 Å². The number of pyridine rings is 1. The molecular formula is C20H18N4S2. The van der Waals surface area contributed by atoms with Gasteiger partial charge in [-0.2, -0.15) is 0 Å². The Hall–Kier alpha value is -2.28. The van der Waals surface area contributed by atoms with E-state index < -0.39 is 0 Å². The summed E-state index contributed by atoms with van der Waals surface area (Å²) in [4.78, 5) is 11.8. The molecule has 0 aliphatic carbocycles. The number of benzene rings is 1. The van der Waals surface area contributed by atoms with E-state index in [-0.39, 0.29) is 0 Å². The topological polar surface area (TPSA) is 63.8 Å². The van der Waals surface area contributed by atoms with Gasteiger partial charge in [-0.15, -0.1) is 22.7 Å². The third-order valence-electron chi connectivity index (χ3n) is 4.79. The summed E-state index contributed by atoms with van der Waals surface area (Å²) in [5.74, 6) is 0. The molecule has 3 N–H and O–H groups in total. The quantitative estimate of drug-likeness (QED) is 0.486. The standard InChI is InChI=1S/C20H18N4S2/c1-11-13(3-2-7-22-11)18-10-15-14(6-8-23-19(15)26-18)20-24-16-9-12(21)4-5-17(16)25-20/h3-6,8-11,22H,2,7,21H2,1H3. The third kappa shape index (κ3) is 2.61. The molecule has 5 rings (SSSR count). The lowest BCUT2D eigenvalue weighted by Gasteiger charge is -2.21. The maximum atomic E-state index is 5.91. The van der Waals surface area contributed by atoms with Crippen molar-refractivity contribution >= 4 is 54.4 Å². The van der Waals surface area contributed by atoms with Crippen LogP contribution in [0.1, 0.15) is 18.2 Å². The average molecular weight is 379 g/mol. The van der Waals surface area contributed by atoms with Gasteiger partial charge in [0, 0.05) is 33.8 Å². The van der Waals surface area contributed by atoms with E-state index in [2.05, 4.69) is 35.4 Å². The van der Waals surface area contributed by atoms with E-state index in [9.17, 15) is 0 Å². The Morgan fingerprint density at radius 2 is 2.12 bits per heavy atom. The number of nitrogens with two attached hydrogens (primary N) is 1. The van der Waals surface area contributed by atoms with Gasteiger partial charge in [-0.1, -0.05) is 6.08 Å². The number of anilines is 1. The van der Waals surface area contributed by atoms with Crippen molar-refractivity contribution < 1.29 is 0 Å². The van der Waals surface area contributed by atoms with Gasteiger partial charge in [-0.05, 0) is 55.8 Å². The van der Waals surface area contributed by atoms with E-state index in [0.29, 0.717) is 6.04 Å². The molecule has 1 aromatic carbocycles. The van der Waals surface area contributed by atoms with Crippen LogP contribution in [0.4, 0.5) is 5.69 Å². The van der Waals surface area contributed by atoms with Crippen LogP contribution in [0.25, 0.3) is 36.6 Å². The van der Waals surface area contributed by atoms with Gasteiger partial charge in [0.2, 0.25) is 0 Å². The maximum absolute atomic E-state index is 5.91. The van der Waals surface area contributed by atoms with Crippen LogP contribution in [0, 0.1) is 0 Å². The lowest BCUT2D eigenvalue weighted by Crippen LogP contribution is -2.30. The number of nitrogens with zero attached hydrogens (tertiary/aromatic N) is 2. The highest BCUT2D eigenvalue weighted by atomic mass is 32.1. The van der Waals surface area contributed by atoms with Crippen LogP contribution in [-0.2, 0) is 0 Å². The molecular weight excluding hydrogens is 360 g/mol. The summed E-state index contributed by atoms with van der Waals surface area (Å²) < 4.78 is 1.16. The predicted molar refractivity (Wildman–Crippen MR) is 113 cm³/mol. The van der Waals surface area contributed by atoms with Crippen molar-refractivity contribution in [3.05, 3.63) is 47.5 Å². The van der Waals surface area contributed by atoms with E-state index >= 15 is 0 Å². The number of thiophene rings is 1. The molecule has 0 bridgehead atoms. The fraction of sp³-hybridized carbons (Fsp3) is 0.200. The van der Waals surface area contributed by atoms with Gasteiger partial charge in [-0.25, -0.2) is 9.97 Å². The SMILES string of the molecule is CC1NCCC=C1c1cc2c(-c3nc4cc(N)ccc4s3)ccnc2s1. The number of thiazole rings is 1. The van der Waals surface area contributed by atoms with Crippen LogP contribution in [-0.4, -0.2) is 22.6 Å². The van der Waals surface area contributed by atoms with Gasteiger partial charge < -0.3 is 11.1 Å². The number of rotatable bonds is 2. The molecule has 1 aliphatic heterocycles. The Bertz CT molecular complexity index is 1160. The molecule has 0 radical (unpaired) electrons. The van der Waals surface area contributed by atoms with Crippen molar-refractivity contribution in [2.75, 3.05) is 12.3 Å². The van der Waals surface area contributed by atoms with Gasteiger partial charge in [0.05, 0.1) is 10.2 Å². The Morgan fingerprint density at radius 1 is 1.19 bits per heavy atom. The smallest absolute Gasteiger partial charge is 0.125 e. The van der Waals surface area contributed by atoms with Crippen molar-refractivity contribution in [1.29, 1.82) is 0 Å². The molecule has 4 heterocycles. The molecule has 0 saturated carbocycles. The van der Waals surface area contributed by atoms with Crippen molar-refractivity contribution in [3.8, 4) is 10.6 Å². The summed E-state index contributed by atoms with van der Waals surface area (Å²) >= 11 is 3.47. The molecule has 1 unspecified atom stereocenters. The Balaban J connectivity index is 1.66. The zero-order valence-corrected chi connectivity index (χ0v) is 16.0. The van der Waals surface area contributed by atoms with Gasteiger partial charge in [0.1, 0.15) is 9.84 Å². The number of fused-ring (bicyclic) bond motifs is 2. The van der Waals surface area contributed by atoms with E-state index in [1.807, 2.05) is 24.4 Å². The Kier molecular flexibility index (Phi) is 3.77. The molecule has 26 heavy (non-hydrogen) atoms. The molecule has 0 saturated heterocycles. The molecule has 0 fully saturated rings. The second-order valence-electron chi connectivity index (χ2n) is 6.56. The molecule has 1 aliphatic rings. The normalized spacial score (nSPS) is 17.7. The van der Waals surface area contributed by atoms with Crippen molar-refractivity contribution in [1.82, 2.24) is 15.3 Å². The van der Waals surface area contributed by atoms with E-state index in [1.165, 1.54) is 15.8 Å². The first kappa shape index (κ1) is 15.9. The van der Waals surface area contributed by atoms with E-state index in [0.717, 1.165) is 44.3 Å². The van der Waals surface area contributed by atoms with Crippen molar-refractivity contribution in [2.45, 2.75) is 19.4 Å². The summed E-state index contributed by atoms with van der Waals surface area (Å²) in [6.45, 7) is 3.27. The monoisotopic (exact) mass is 378 g/mol. The molecule has 0 spiro atoms. The molecule has 0 amide bonds. The first-order valence-corrected chi connectivity index (χ1v) is 10.3. The number of hydrogen-bond acceptors (Lipinski definition) is 6. The first-order chi connectivity index (χ1) is 12.7. The van der Waals surface area contributed by atoms with Crippen LogP contribution in [0.2, 0.25) is 0 Å². The van der Waals surface area contributed by atoms with Gasteiger partial charge in [-0.3, -0.25) is 0 Å². The minimum atomic E-state index is 0.380. The summed E-state index contributed by atoms with van der Waals surface area (Å²) in [6.07, 6.45) is 5.31.